The number of hydrogen-bond acceptors (Lipinski definition) is 7. The standard InChI is InChI=1S/C19H22N4O4/c1-4-7-15-10-14(11-17(26-5-2)19(15)27-6-3)12-21-22-18-9-8-16(13-20-18)23(24)25/h4,8-13H,1,5-7H2,2-3H3,(H,20,22)/b21-12+. The number of hydrogen-bond donors (Lipinski definition) is 1. The van der Waals surface area contributed by atoms with Gasteiger partial charge in [0.2, 0.25) is 0 Å². The first-order valence-electron chi connectivity index (χ1n) is 8.51. The molecule has 2 rings (SSSR count). The zero-order valence-electron chi connectivity index (χ0n) is 15.3. The fraction of sp³-hybridized carbons (Fsp3) is 0.263. The van der Waals surface area contributed by atoms with E-state index in [-0.39, 0.29) is 5.69 Å². The highest BCUT2D eigenvalue weighted by Crippen LogP contribution is 2.33. The van der Waals surface area contributed by atoms with Crippen molar-refractivity contribution in [1.29, 1.82) is 0 Å². The predicted molar refractivity (Wildman–Crippen MR) is 105 cm³/mol. The average Bonchev–Trinajstić information content (AvgIpc) is 2.65. The molecule has 0 bridgehead atoms. The number of pyridine rings is 1. The van der Waals surface area contributed by atoms with Crippen molar-refractivity contribution in [2.24, 2.45) is 5.10 Å². The molecule has 0 spiro atoms. The molecular formula is C19H22N4O4. The second-order valence-corrected chi connectivity index (χ2v) is 5.39. The number of hydrazone groups is 1. The van der Waals surface area contributed by atoms with Crippen LogP contribution in [0.1, 0.15) is 25.0 Å². The highest BCUT2D eigenvalue weighted by atomic mass is 16.6. The number of ether oxygens (including phenoxy) is 2. The van der Waals surface area contributed by atoms with Crippen molar-refractivity contribution < 1.29 is 14.4 Å². The van der Waals surface area contributed by atoms with Crippen LogP contribution in [0.15, 0.2) is 48.2 Å². The first-order valence-corrected chi connectivity index (χ1v) is 8.51. The molecule has 2 aromatic rings. The van der Waals surface area contributed by atoms with E-state index in [0.717, 1.165) is 11.1 Å². The highest BCUT2D eigenvalue weighted by Gasteiger charge is 2.12. The second kappa shape index (κ2) is 9.91. The van der Waals surface area contributed by atoms with Crippen LogP contribution in [0.5, 0.6) is 11.5 Å². The summed E-state index contributed by atoms with van der Waals surface area (Å²) in [6, 6.07) is 6.64. The molecule has 0 aliphatic rings. The van der Waals surface area contributed by atoms with Gasteiger partial charge in [0.05, 0.1) is 24.4 Å². The van der Waals surface area contributed by atoms with Crippen molar-refractivity contribution in [1.82, 2.24) is 4.98 Å². The Morgan fingerprint density at radius 1 is 1.30 bits per heavy atom. The van der Waals surface area contributed by atoms with Gasteiger partial charge < -0.3 is 9.47 Å². The van der Waals surface area contributed by atoms with Gasteiger partial charge >= 0.3 is 0 Å². The van der Waals surface area contributed by atoms with Gasteiger partial charge in [-0.3, -0.25) is 15.5 Å². The molecule has 1 aromatic carbocycles. The molecule has 0 atom stereocenters. The lowest BCUT2D eigenvalue weighted by Gasteiger charge is -2.15. The van der Waals surface area contributed by atoms with E-state index >= 15 is 0 Å². The summed E-state index contributed by atoms with van der Waals surface area (Å²) in [7, 11) is 0. The van der Waals surface area contributed by atoms with Gasteiger partial charge in [-0.2, -0.15) is 5.10 Å². The molecule has 8 nitrogen and oxygen atoms in total. The van der Waals surface area contributed by atoms with E-state index in [1.54, 1.807) is 12.3 Å². The van der Waals surface area contributed by atoms with Crippen LogP contribution in [0.3, 0.4) is 0 Å². The van der Waals surface area contributed by atoms with Crippen LogP contribution < -0.4 is 14.9 Å². The van der Waals surface area contributed by atoms with Crippen molar-refractivity contribution >= 4 is 17.7 Å². The molecule has 0 aliphatic carbocycles. The molecule has 1 heterocycles. The van der Waals surface area contributed by atoms with Gasteiger partial charge in [0, 0.05) is 11.6 Å². The molecule has 0 saturated heterocycles. The Morgan fingerprint density at radius 2 is 2.07 bits per heavy atom. The Balaban J connectivity index is 2.22. The number of nitro groups is 1. The number of rotatable bonds is 10. The van der Waals surface area contributed by atoms with Crippen molar-refractivity contribution in [2.75, 3.05) is 18.6 Å². The molecule has 142 valence electrons. The van der Waals surface area contributed by atoms with Gasteiger partial charge in [-0.15, -0.1) is 6.58 Å². The first kappa shape index (κ1) is 19.9. The number of benzene rings is 1. The fourth-order valence-corrected chi connectivity index (χ4v) is 2.37. The summed E-state index contributed by atoms with van der Waals surface area (Å²) in [5.74, 6) is 1.76. The molecule has 0 amide bonds. The van der Waals surface area contributed by atoms with Crippen LogP contribution in [0, 0.1) is 10.1 Å². The third-order valence-electron chi connectivity index (χ3n) is 3.46. The summed E-state index contributed by atoms with van der Waals surface area (Å²) >= 11 is 0. The van der Waals surface area contributed by atoms with E-state index in [0.29, 0.717) is 37.0 Å². The van der Waals surface area contributed by atoms with Crippen LogP contribution in [-0.4, -0.2) is 29.3 Å². The Morgan fingerprint density at radius 3 is 2.67 bits per heavy atom. The molecule has 1 aromatic heterocycles. The normalized spacial score (nSPS) is 10.6. The second-order valence-electron chi connectivity index (χ2n) is 5.39. The fourth-order valence-electron chi connectivity index (χ4n) is 2.37. The minimum Gasteiger partial charge on any atom is -0.490 e. The van der Waals surface area contributed by atoms with Crippen LogP contribution in [0.4, 0.5) is 11.5 Å². The van der Waals surface area contributed by atoms with E-state index in [4.69, 9.17) is 9.47 Å². The number of nitrogens with one attached hydrogen (secondary N) is 1. The zero-order chi connectivity index (χ0) is 19.6. The molecule has 8 heteroatoms. The lowest BCUT2D eigenvalue weighted by atomic mass is 10.1. The maximum atomic E-state index is 10.6. The number of allylic oxidation sites excluding steroid dienone is 1. The van der Waals surface area contributed by atoms with Gasteiger partial charge in [0.15, 0.2) is 11.5 Å². The maximum Gasteiger partial charge on any atom is 0.287 e. The smallest absolute Gasteiger partial charge is 0.287 e. The molecule has 0 aliphatic heterocycles. The van der Waals surface area contributed by atoms with Gasteiger partial charge in [0.1, 0.15) is 12.0 Å². The summed E-state index contributed by atoms with van der Waals surface area (Å²) in [4.78, 5) is 14.1. The Hall–Kier alpha value is -3.42. The van der Waals surface area contributed by atoms with Crippen LogP contribution >= 0.6 is 0 Å². The van der Waals surface area contributed by atoms with Gasteiger partial charge in [-0.25, -0.2) is 4.98 Å². The largest absolute Gasteiger partial charge is 0.490 e. The molecule has 0 fully saturated rings. The molecule has 1 N–H and O–H groups in total. The molecular weight excluding hydrogens is 348 g/mol. The topological polar surface area (TPSA) is 98.9 Å². The van der Waals surface area contributed by atoms with E-state index < -0.39 is 4.92 Å². The summed E-state index contributed by atoms with van der Waals surface area (Å²) < 4.78 is 11.4. The third kappa shape index (κ3) is 5.53. The Bertz CT molecular complexity index is 819. The minimum absolute atomic E-state index is 0.0773. The summed E-state index contributed by atoms with van der Waals surface area (Å²) in [6.45, 7) is 8.66. The van der Waals surface area contributed by atoms with Crippen LogP contribution in [-0.2, 0) is 6.42 Å². The summed E-state index contributed by atoms with van der Waals surface area (Å²) in [6.07, 6.45) is 5.22. The first-order chi connectivity index (χ1) is 13.1. The van der Waals surface area contributed by atoms with E-state index in [2.05, 4.69) is 22.1 Å². The highest BCUT2D eigenvalue weighted by molar-refractivity contribution is 5.82. The Labute approximate surface area is 157 Å². The maximum absolute atomic E-state index is 10.6. The molecule has 0 radical (unpaired) electrons. The Kier molecular flexibility index (Phi) is 7.30. The van der Waals surface area contributed by atoms with Crippen molar-refractivity contribution in [3.8, 4) is 11.5 Å². The molecule has 27 heavy (non-hydrogen) atoms. The van der Waals surface area contributed by atoms with Crippen LogP contribution in [0.2, 0.25) is 0 Å². The van der Waals surface area contributed by atoms with Gasteiger partial charge in [-0.05, 0) is 44.0 Å². The molecule has 0 saturated carbocycles. The molecule has 0 unspecified atom stereocenters. The number of anilines is 1. The van der Waals surface area contributed by atoms with Crippen molar-refractivity contribution in [3.63, 3.8) is 0 Å². The van der Waals surface area contributed by atoms with Crippen molar-refractivity contribution in [2.45, 2.75) is 20.3 Å². The van der Waals surface area contributed by atoms with Crippen molar-refractivity contribution in [3.05, 3.63) is 64.4 Å². The number of nitrogens with zero attached hydrogens (tertiary/aromatic N) is 3. The quantitative estimate of drug-likeness (QED) is 0.294. The van der Waals surface area contributed by atoms with Gasteiger partial charge in [-0.1, -0.05) is 6.08 Å². The van der Waals surface area contributed by atoms with Gasteiger partial charge in [0.25, 0.3) is 5.69 Å². The minimum atomic E-state index is -0.504. The number of aromatic nitrogens is 1. The zero-order valence-corrected chi connectivity index (χ0v) is 15.3. The lowest BCUT2D eigenvalue weighted by molar-refractivity contribution is -0.385. The summed E-state index contributed by atoms with van der Waals surface area (Å²) in [5, 5.41) is 14.8. The predicted octanol–water partition coefficient (Wildman–Crippen LogP) is 3.96. The monoisotopic (exact) mass is 370 g/mol. The average molecular weight is 370 g/mol. The van der Waals surface area contributed by atoms with E-state index in [1.165, 1.54) is 18.3 Å². The SMILES string of the molecule is C=CCc1cc(/C=N/Nc2ccc([N+](=O)[O-])cn2)cc(OCC)c1OCC. The van der Waals surface area contributed by atoms with E-state index in [9.17, 15) is 10.1 Å². The lowest BCUT2D eigenvalue weighted by Crippen LogP contribution is -2.03. The summed E-state index contributed by atoms with van der Waals surface area (Å²) in [5.41, 5.74) is 4.43. The van der Waals surface area contributed by atoms with E-state index in [1.807, 2.05) is 26.0 Å². The third-order valence-corrected chi connectivity index (χ3v) is 3.46. The van der Waals surface area contributed by atoms with Crippen LogP contribution in [0.25, 0.3) is 0 Å².